The number of sulfonamides is 1. The van der Waals surface area contributed by atoms with E-state index in [1.165, 1.54) is 4.31 Å². The average molecular weight is 351 g/mol. The fourth-order valence-corrected chi connectivity index (χ4v) is 4.13. The van der Waals surface area contributed by atoms with Crippen molar-refractivity contribution in [2.45, 2.75) is 32.6 Å². The summed E-state index contributed by atoms with van der Waals surface area (Å²) < 4.78 is 30.6. The molecule has 6 nitrogen and oxygen atoms in total. The van der Waals surface area contributed by atoms with Gasteiger partial charge in [-0.1, -0.05) is 6.42 Å². The zero-order valence-electron chi connectivity index (χ0n) is 13.7. The molecule has 3 rings (SSSR count). The summed E-state index contributed by atoms with van der Waals surface area (Å²) in [6.45, 7) is 1.76. The Balaban J connectivity index is 1.68. The van der Waals surface area contributed by atoms with Crippen LogP contribution in [0.2, 0.25) is 0 Å². The molecule has 0 spiro atoms. The van der Waals surface area contributed by atoms with Gasteiger partial charge in [0.15, 0.2) is 12.4 Å². The third kappa shape index (κ3) is 3.17. The van der Waals surface area contributed by atoms with E-state index in [2.05, 4.69) is 0 Å². The number of anilines is 1. The molecule has 0 unspecified atom stereocenters. The Bertz CT molecular complexity index is 767. The normalized spacial score (nSPS) is 17.3. The monoisotopic (exact) mass is 351 g/mol. The van der Waals surface area contributed by atoms with E-state index in [9.17, 15) is 18.0 Å². The molecule has 0 aromatic heterocycles. The molecular formula is C17H21NO5S. The lowest BCUT2D eigenvalue weighted by molar-refractivity contribution is -0.150. The minimum Gasteiger partial charge on any atom is -0.457 e. The van der Waals surface area contributed by atoms with Crippen molar-refractivity contribution in [3.63, 3.8) is 0 Å². The van der Waals surface area contributed by atoms with Crippen molar-refractivity contribution in [1.82, 2.24) is 0 Å². The number of ether oxygens (including phenoxy) is 1. The Hall–Kier alpha value is -1.89. The summed E-state index contributed by atoms with van der Waals surface area (Å²) in [5.41, 5.74) is 1.92. The van der Waals surface area contributed by atoms with Gasteiger partial charge in [0.2, 0.25) is 10.0 Å². The first-order valence-corrected chi connectivity index (χ1v) is 9.86. The van der Waals surface area contributed by atoms with Crippen molar-refractivity contribution in [3.8, 4) is 0 Å². The molecule has 7 heteroatoms. The van der Waals surface area contributed by atoms with Gasteiger partial charge in [-0.15, -0.1) is 0 Å². The summed E-state index contributed by atoms with van der Waals surface area (Å²) in [6, 6.07) is 4.97. The minimum atomic E-state index is -3.29. The van der Waals surface area contributed by atoms with Crippen LogP contribution in [-0.4, -0.2) is 39.1 Å². The SMILES string of the molecule is CCS(=O)(=O)N1CCc2cc(C(=O)COC(=O)C3CCC3)ccc21. The number of nitrogens with zero attached hydrogens (tertiary/aromatic N) is 1. The molecule has 24 heavy (non-hydrogen) atoms. The summed E-state index contributed by atoms with van der Waals surface area (Å²) in [5.74, 6) is -0.562. The number of Topliss-reactive ketones (excluding diaryl/α,β-unsaturated/α-hetero) is 1. The molecule has 0 atom stereocenters. The zero-order chi connectivity index (χ0) is 17.3. The van der Waals surface area contributed by atoms with Crippen LogP contribution in [0.15, 0.2) is 18.2 Å². The molecule has 0 bridgehead atoms. The number of hydrogen-bond donors (Lipinski definition) is 0. The van der Waals surface area contributed by atoms with Crippen molar-refractivity contribution in [2.24, 2.45) is 5.92 Å². The minimum absolute atomic E-state index is 0.0459. The highest BCUT2D eigenvalue weighted by Gasteiger charge is 2.29. The van der Waals surface area contributed by atoms with E-state index in [1.807, 2.05) is 0 Å². The first-order valence-electron chi connectivity index (χ1n) is 8.25. The van der Waals surface area contributed by atoms with Crippen LogP contribution < -0.4 is 4.31 Å². The van der Waals surface area contributed by atoms with Gasteiger partial charge in [0.05, 0.1) is 17.4 Å². The Morgan fingerprint density at radius 3 is 2.67 bits per heavy atom. The Morgan fingerprint density at radius 1 is 1.29 bits per heavy atom. The third-order valence-corrected chi connectivity index (χ3v) is 6.52. The fourth-order valence-electron chi connectivity index (χ4n) is 2.97. The van der Waals surface area contributed by atoms with Crippen LogP contribution >= 0.6 is 0 Å². The van der Waals surface area contributed by atoms with Crippen LogP contribution in [0.1, 0.15) is 42.1 Å². The van der Waals surface area contributed by atoms with Gasteiger partial charge < -0.3 is 4.74 Å². The van der Waals surface area contributed by atoms with Crippen molar-refractivity contribution in [1.29, 1.82) is 0 Å². The number of benzene rings is 1. The Morgan fingerprint density at radius 2 is 2.04 bits per heavy atom. The number of rotatable bonds is 6. The maximum Gasteiger partial charge on any atom is 0.309 e. The summed E-state index contributed by atoms with van der Waals surface area (Å²) in [4.78, 5) is 23.9. The van der Waals surface area contributed by atoms with Crippen LogP contribution in [0.25, 0.3) is 0 Å². The van der Waals surface area contributed by atoms with Crippen LogP contribution in [-0.2, 0) is 26.0 Å². The first kappa shape index (κ1) is 17.0. The number of carbonyl (C=O) groups excluding carboxylic acids is 2. The molecular weight excluding hydrogens is 330 g/mol. The molecule has 1 aliphatic carbocycles. The van der Waals surface area contributed by atoms with E-state index in [4.69, 9.17) is 4.74 Å². The highest BCUT2D eigenvalue weighted by atomic mass is 32.2. The van der Waals surface area contributed by atoms with Gasteiger partial charge in [-0.2, -0.15) is 0 Å². The summed E-state index contributed by atoms with van der Waals surface area (Å²) in [5, 5.41) is 0. The molecule has 0 radical (unpaired) electrons. The lowest BCUT2D eigenvalue weighted by Crippen LogP contribution is -2.30. The maximum atomic E-state index is 12.2. The average Bonchev–Trinajstić information content (AvgIpc) is 2.94. The number of fused-ring (bicyclic) bond motifs is 1. The van der Waals surface area contributed by atoms with Gasteiger partial charge >= 0.3 is 5.97 Å². The third-order valence-electron chi connectivity index (χ3n) is 4.74. The number of carbonyl (C=O) groups is 2. The second-order valence-electron chi connectivity index (χ2n) is 6.22. The highest BCUT2D eigenvalue weighted by Crippen LogP contribution is 2.31. The molecule has 1 fully saturated rings. The lowest BCUT2D eigenvalue weighted by Gasteiger charge is -2.22. The van der Waals surface area contributed by atoms with Crippen molar-refractivity contribution in [2.75, 3.05) is 23.2 Å². The van der Waals surface area contributed by atoms with Crippen molar-refractivity contribution < 1.29 is 22.7 Å². The van der Waals surface area contributed by atoms with E-state index < -0.39 is 10.0 Å². The summed E-state index contributed by atoms with van der Waals surface area (Å²) in [7, 11) is -3.29. The van der Waals surface area contributed by atoms with E-state index in [-0.39, 0.29) is 30.0 Å². The smallest absolute Gasteiger partial charge is 0.309 e. The summed E-state index contributed by atoms with van der Waals surface area (Å²) in [6.07, 6.45) is 3.30. The second-order valence-corrected chi connectivity index (χ2v) is 8.41. The predicted molar refractivity (Wildman–Crippen MR) is 89.6 cm³/mol. The molecule has 2 aliphatic rings. The standard InChI is InChI=1S/C17H21NO5S/c1-2-24(21,22)18-9-8-13-10-14(6-7-15(13)18)16(19)11-23-17(20)12-4-3-5-12/h6-7,10,12H,2-5,8-9,11H2,1H3. The van der Waals surface area contributed by atoms with Crippen LogP contribution in [0.3, 0.4) is 0 Å². The molecule has 1 aromatic carbocycles. The van der Waals surface area contributed by atoms with Gasteiger partial charge in [-0.25, -0.2) is 8.42 Å². The van der Waals surface area contributed by atoms with Gasteiger partial charge in [-0.05, 0) is 49.9 Å². The number of esters is 1. The quantitative estimate of drug-likeness (QED) is 0.578. The Labute approximate surface area is 141 Å². The first-order chi connectivity index (χ1) is 11.4. The van der Waals surface area contributed by atoms with E-state index in [0.29, 0.717) is 24.2 Å². The molecule has 1 heterocycles. The zero-order valence-corrected chi connectivity index (χ0v) is 14.5. The van der Waals surface area contributed by atoms with Gasteiger partial charge in [0.25, 0.3) is 0 Å². The Kier molecular flexibility index (Phi) is 4.62. The highest BCUT2D eigenvalue weighted by molar-refractivity contribution is 7.92. The lowest BCUT2D eigenvalue weighted by atomic mass is 9.86. The number of hydrogen-bond acceptors (Lipinski definition) is 5. The van der Waals surface area contributed by atoms with Crippen LogP contribution in [0, 0.1) is 5.92 Å². The van der Waals surface area contributed by atoms with Crippen molar-refractivity contribution in [3.05, 3.63) is 29.3 Å². The van der Waals surface area contributed by atoms with Crippen LogP contribution in [0.4, 0.5) is 5.69 Å². The topological polar surface area (TPSA) is 80.8 Å². The molecule has 1 aliphatic heterocycles. The predicted octanol–water partition coefficient (Wildman–Crippen LogP) is 1.92. The maximum absolute atomic E-state index is 12.2. The molecule has 0 N–H and O–H groups in total. The van der Waals surface area contributed by atoms with Gasteiger partial charge in [0, 0.05) is 12.1 Å². The number of ketones is 1. The van der Waals surface area contributed by atoms with E-state index in [0.717, 1.165) is 24.8 Å². The van der Waals surface area contributed by atoms with Gasteiger partial charge in [-0.3, -0.25) is 13.9 Å². The van der Waals surface area contributed by atoms with Crippen LogP contribution in [0.5, 0.6) is 0 Å². The fraction of sp³-hybridized carbons (Fsp3) is 0.529. The largest absolute Gasteiger partial charge is 0.457 e. The summed E-state index contributed by atoms with van der Waals surface area (Å²) >= 11 is 0. The molecule has 1 saturated carbocycles. The van der Waals surface area contributed by atoms with Crippen molar-refractivity contribution >= 4 is 27.5 Å². The second kappa shape index (κ2) is 6.55. The molecule has 0 saturated heterocycles. The molecule has 0 amide bonds. The van der Waals surface area contributed by atoms with E-state index >= 15 is 0 Å². The van der Waals surface area contributed by atoms with Gasteiger partial charge in [0.1, 0.15) is 0 Å². The molecule has 130 valence electrons. The van der Waals surface area contributed by atoms with E-state index in [1.54, 1.807) is 25.1 Å². The molecule has 1 aromatic rings.